The van der Waals surface area contributed by atoms with Gasteiger partial charge in [-0.15, -0.1) is 0 Å². The molecule has 3 nitrogen and oxygen atoms in total. The summed E-state index contributed by atoms with van der Waals surface area (Å²) in [6.45, 7) is 6.65. The van der Waals surface area contributed by atoms with Crippen molar-refractivity contribution < 1.29 is 13.9 Å². The van der Waals surface area contributed by atoms with Crippen molar-refractivity contribution in [1.29, 1.82) is 5.26 Å². The lowest BCUT2D eigenvalue weighted by atomic mass is 9.86. The molecule has 0 unspecified atom stereocenters. The Morgan fingerprint density at radius 1 is 1.21 bits per heavy atom. The number of hydrogen-bond acceptors (Lipinski definition) is 3. The van der Waals surface area contributed by atoms with Crippen LogP contribution in [-0.2, 0) is 6.54 Å². The molecule has 0 saturated carbocycles. The molecule has 0 amide bonds. The normalized spacial score (nSPS) is 12.3. The first-order chi connectivity index (χ1) is 8.58. The van der Waals surface area contributed by atoms with Crippen molar-refractivity contribution in [3.05, 3.63) is 34.9 Å². The molecule has 19 heavy (non-hydrogen) atoms. The van der Waals surface area contributed by atoms with Gasteiger partial charge in [-0.1, -0.05) is 0 Å². The summed E-state index contributed by atoms with van der Waals surface area (Å²) in [5, 5.41) is 21.5. The monoisotopic (exact) mass is 268 g/mol. The van der Waals surface area contributed by atoms with Crippen molar-refractivity contribution >= 4 is 0 Å². The standard InChI is InChI=1S/C14H18F2N2O/c1-13(2,14(3,4)19)18-8-10-11(15)5-9(7-17)6-12(10)16/h5-6,18-19H,8H2,1-4H3. The molecule has 2 N–H and O–H groups in total. The maximum atomic E-state index is 13.7. The third-order valence-electron chi connectivity index (χ3n) is 3.51. The predicted molar refractivity (Wildman–Crippen MR) is 68.3 cm³/mol. The van der Waals surface area contributed by atoms with Gasteiger partial charge in [-0.2, -0.15) is 5.26 Å². The molecule has 0 heterocycles. The Bertz CT molecular complexity index is 490. The second kappa shape index (κ2) is 5.24. The first-order valence-corrected chi connectivity index (χ1v) is 5.94. The number of nitrogens with zero attached hydrogens (tertiary/aromatic N) is 1. The van der Waals surface area contributed by atoms with Gasteiger partial charge in [0.2, 0.25) is 0 Å². The zero-order chi connectivity index (χ0) is 14.8. The van der Waals surface area contributed by atoms with Gasteiger partial charge < -0.3 is 10.4 Å². The van der Waals surface area contributed by atoms with Crippen molar-refractivity contribution in [3.8, 4) is 6.07 Å². The largest absolute Gasteiger partial charge is 0.389 e. The molecule has 0 atom stereocenters. The summed E-state index contributed by atoms with van der Waals surface area (Å²) in [5.74, 6) is -1.54. The summed E-state index contributed by atoms with van der Waals surface area (Å²) in [5.41, 5.74) is -1.97. The van der Waals surface area contributed by atoms with E-state index in [4.69, 9.17) is 5.26 Å². The van der Waals surface area contributed by atoms with E-state index < -0.39 is 22.8 Å². The molecule has 5 heteroatoms. The molecular weight excluding hydrogens is 250 g/mol. The van der Waals surface area contributed by atoms with Gasteiger partial charge in [0.15, 0.2) is 0 Å². The highest BCUT2D eigenvalue weighted by molar-refractivity contribution is 5.34. The Morgan fingerprint density at radius 3 is 2.05 bits per heavy atom. The fraction of sp³-hybridized carbons (Fsp3) is 0.500. The Labute approximate surface area is 111 Å². The number of halogens is 2. The quantitative estimate of drug-likeness (QED) is 0.882. The highest BCUT2D eigenvalue weighted by Gasteiger charge is 2.34. The fourth-order valence-electron chi connectivity index (χ4n) is 1.36. The lowest BCUT2D eigenvalue weighted by Crippen LogP contribution is -2.55. The first kappa shape index (κ1) is 15.5. The molecule has 104 valence electrons. The molecule has 0 fully saturated rings. The third kappa shape index (κ3) is 3.49. The van der Waals surface area contributed by atoms with Gasteiger partial charge in [0.05, 0.1) is 17.2 Å². The van der Waals surface area contributed by atoms with Gasteiger partial charge in [-0.25, -0.2) is 8.78 Å². The van der Waals surface area contributed by atoms with E-state index in [0.717, 1.165) is 12.1 Å². The lowest BCUT2D eigenvalue weighted by Gasteiger charge is -2.38. The van der Waals surface area contributed by atoms with Crippen LogP contribution in [0, 0.1) is 23.0 Å². The van der Waals surface area contributed by atoms with Crippen molar-refractivity contribution in [2.75, 3.05) is 0 Å². The summed E-state index contributed by atoms with van der Waals surface area (Å²) in [4.78, 5) is 0. The average molecular weight is 268 g/mol. The highest BCUT2D eigenvalue weighted by Crippen LogP contribution is 2.22. The second-order valence-corrected chi connectivity index (χ2v) is 5.57. The topological polar surface area (TPSA) is 56.0 Å². The van der Waals surface area contributed by atoms with Crippen LogP contribution in [0.15, 0.2) is 12.1 Å². The Kier molecular flexibility index (Phi) is 4.28. The Balaban J connectivity index is 2.94. The minimum Gasteiger partial charge on any atom is -0.389 e. The van der Waals surface area contributed by atoms with E-state index in [-0.39, 0.29) is 17.7 Å². The number of nitrogens with one attached hydrogen (secondary N) is 1. The van der Waals surface area contributed by atoms with Crippen LogP contribution in [0.25, 0.3) is 0 Å². The molecule has 0 saturated heterocycles. The van der Waals surface area contributed by atoms with E-state index in [1.807, 2.05) is 0 Å². The number of hydrogen-bond donors (Lipinski definition) is 2. The van der Waals surface area contributed by atoms with Crippen LogP contribution in [-0.4, -0.2) is 16.2 Å². The van der Waals surface area contributed by atoms with Crippen LogP contribution in [0.5, 0.6) is 0 Å². The molecule has 0 aromatic heterocycles. The molecule has 0 bridgehead atoms. The van der Waals surface area contributed by atoms with E-state index in [2.05, 4.69) is 5.32 Å². The van der Waals surface area contributed by atoms with Crippen molar-refractivity contribution in [3.63, 3.8) is 0 Å². The summed E-state index contributed by atoms with van der Waals surface area (Å²) in [6, 6.07) is 3.69. The van der Waals surface area contributed by atoms with E-state index in [1.165, 1.54) is 0 Å². The van der Waals surface area contributed by atoms with Gasteiger partial charge in [0.25, 0.3) is 0 Å². The van der Waals surface area contributed by atoms with Gasteiger partial charge >= 0.3 is 0 Å². The molecule has 0 radical (unpaired) electrons. The van der Waals surface area contributed by atoms with Gasteiger partial charge in [-0.3, -0.25) is 0 Å². The first-order valence-electron chi connectivity index (χ1n) is 5.94. The number of nitriles is 1. The summed E-state index contributed by atoms with van der Waals surface area (Å²) in [6.07, 6.45) is 0. The highest BCUT2D eigenvalue weighted by atomic mass is 19.1. The maximum absolute atomic E-state index is 13.7. The van der Waals surface area contributed by atoms with Crippen LogP contribution in [0.3, 0.4) is 0 Å². The SMILES string of the molecule is CC(C)(O)C(C)(C)NCc1c(F)cc(C#N)cc1F. The predicted octanol–water partition coefficient (Wildman–Crippen LogP) is 2.48. The van der Waals surface area contributed by atoms with E-state index in [0.29, 0.717) is 0 Å². The van der Waals surface area contributed by atoms with E-state index in [1.54, 1.807) is 33.8 Å². The van der Waals surface area contributed by atoms with Crippen molar-refractivity contribution in [1.82, 2.24) is 5.32 Å². The van der Waals surface area contributed by atoms with Crippen LogP contribution >= 0.6 is 0 Å². The zero-order valence-corrected chi connectivity index (χ0v) is 11.5. The van der Waals surface area contributed by atoms with Gasteiger partial charge in [0.1, 0.15) is 11.6 Å². The zero-order valence-electron chi connectivity index (χ0n) is 11.5. The van der Waals surface area contributed by atoms with Crippen molar-refractivity contribution in [2.24, 2.45) is 0 Å². The third-order valence-corrected chi connectivity index (χ3v) is 3.51. The van der Waals surface area contributed by atoms with Crippen LogP contribution in [0.4, 0.5) is 8.78 Å². The van der Waals surface area contributed by atoms with E-state index in [9.17, 15) is 13.9 Å². The summed E-state index contributed by atoms with van der Waals surface area (Å²) < 4.78 is 27.4. The number of rotatable bonds is 4. The van der Waals surface area contributed by atoms with Crippen LogP contribution in [0.2, 0.25) is 0 Å². The van der Waals surface area contributed by atoms with Gasteiger partial charge in [-0.05, 0) is 39.8 Å². The lowest BCUT2D eigenvalue weighted by molar-refractivity contribution is -0.00556. The van der Waals surface area contributed by atoms with E-state index >= 15 is 0 Å². The average Bonchev–Trinajstić information content (AvgIpc) is 2.25. The molecule has 0 aliphatic rings. The minimum atomic E-state index is -1.05. The number of aliphatic hydroxyl groups is 1. The Morgan fingerprint density at radius 2 is 1.68 bits per heavy atom. The minimum absolute atomic E-state index is 0.0551. The summed E-state index contributed by atoms with van der Waals surface area (Å²) >= 11 is 0. The molecule has 0 aliphatic carbocycles. The van der Waals surface area contributed by atoms with Crippen LogP contribution in [0.1, 0.15) is 38.8 Å². The van der Waals surface area contributed by atoms with Crippen LogP contribution < -0.4 is 5.32 Å². The molecule has 0 aliphatic heterocycles. The molecule has 1 aromatic rings. The molecule has 0 spiro atoms. The summed E-state index contributed by atoms with van der Waals surface area (Å²) in [7, 11) is 0. The Hall–Kier alpha value is -1.51. The fourth-order valence-corrected chi connectivity index (χ4v) is 1.36. The molecular formula is C14H18F2N2O. The van der Waals surface area contributed by atoms with Gasteiger partial charge in [0, 0.05) is 17.6 Å². The smallest absolute Gasteiger partial charge is 0.131 e. The molecule has 1 aromatic carbocycles. The second-order valence-electron chi connectivity index (χ2n) is 5.57. The molecule has 1 rings (SSSR count). The number of benzene rings is 1. The van der Waals surface area contributed by atoms with Crippen molar-refractivity contribution in [2.45, 2.75) is 45.4 Å². The maximum Gasteiger partial charge on any atom is 0.131 e.